The molecule has 0 aliphatic heterocycles. The van der Waals surface area contributed by atoms with Crippen molar-refractivity contribution in [1.82, 2.24) is 4.90 Å². The van der Waals surface area contributed by atoms with Gasteiger partial charge >= 0.3 is 0 Å². The summed E-state index contributed by atoms with van der Waals surface area (Å²) in [6, 6.07) is 6.56. The van der Waals surface area contributed by atoms with Gasteiger partial charge < -0.3 is 10.0 Å². The zero-order valence-corrected chi connectivity index (χ0v) is 11.2. The lowest BCUT2D eigenvalue weighted by Gasteiger charge is -2.46. The molecular weight excluding hydrogens is 229 g/mol. The molecule has 0 aromatic heterocycles. The number of hydrogen-bond donors (Lipinski definition) is 1. The van der Waals surface area contributed by atoms with Crippen LogP contribution in [0.5, 0.6) is 0 Å². The fraction of sp³-hybridized carbons (Fsp3) is 0.600. The smallest absolute Gasteiger partial charge is 0.129 e. The first-order chi connectivity index (χ1) is 8.58. The fourth-order valence-corrected chi connectivity index (χ4v) is 3.12. The molecule has 1 saturated carbocycles. The molecule has 1 unspecified atom stereocenters. The largest absolute Gasteiger partial charge is 0.386 e. The third kappa shape index (κ3) is 2.29. The number of halogens is 1. The van der Waals surface area contributed by atoms with E-state index in [0.29, 0.717) is 5.56 Å². The molecule has 1 atom stereocenters. The molecule has 1 aliphatic carbocycles. The van der Waals surface area contributed by atoms with E-state index in [9.17, 15) is 9.50 Å². The first-order valence-corrected chi connectivity index (χ1v) is 6.68. The van der Waals surface area contributed by atoms with E-state index < -0.39 is 6.10 Å². The Morgan fingerprint density at radius 2 is 1.78 bits per heavy atom. The number of rotatable bonds is 3. The summed E-state index contributed by atoms with van der Waals surface area (Å²) in [6.45, 7) is 0. The molecule has 1 aromatic carbocycles. The van der Waals surface area contributed by atoms with Crippen molar-refractivity contribution < 1.29 is 9.50 Å². The van der Waals surface area contributed by atoms with Crippen LogP contribution in [-0.4, -0.2) is 29.6 Å². The second kappa shape index (κ2) is 5.37. The van der Waals surface area contributed by atoms with Crippen LogP contribution in [0.15, 0.2) is 24.3 Å². The molecule has 0 amide bonds. The Labute approximate surface area is 108 Å². The molecule has 2 nitrogen and oxygen atoms in total. The van der Waals surface area contributed by atoms with Crippen LogP contribution in [0.1, 0.15) is 43.8 Å². The normalized spacial score (nSPS) is 20.9. The first-order valence-electron chi connectivity index (χ1n) is 6.68. The Bertz CT molecular complexity index is 399. The van der Waals surface area contributed by atoms with Crippen molar-refractivity contribution in [3.8, 4) is 0 Å². The van der Waals surface area contributed by atoms with Gasteiger partial charge in [0.05, 0.1) is 5.54 Å². The molecule has 100 valence electrons. The average molecular weight is 251 g/mol. The van der Waals surface area contributed by atoms with E-state index in [1.807, 2.05) is 14.1 Å². The molecule has 2 rings (SSSR count). The van der Waals surface area contributed by atoms with Crippen LogP contribution in [0.4, 0.5) is 4.39 Å². The summed E-state index contributed by atoms with van der Waals surface area (Å²) >= 11 is 0. The Kier molecular flexibility index (Phi) is 4.03. The highest BCUT2D eigenvalue weighted by molar-refractivity contribution is 5.23. The highest BCUT2D eigenvalue weighted by Gasteiger charge is 2.42. The van der Waals surface area contributed by atoms with Gasteiger partial charge in [0.15, 0.2) is 0 Å². The lowest BCUT2D eigenvalue weighted by molar-refractivity contribution is -0.0352. The van der Waals surface area contributed by atoms with Gasteiger partial charge in [0, 0.05) is 5.56 Å². The summed E-state index contributed by atoms with van der Waals surface area (Å²) in [5.74, 6) is -0.309. The molecule has 0 heterocycles. The average Bonchev–Trinajstić information content (AvgIpc) is 2.39. The minimum atomic E-state index is -0.756. The van der Waals surface area contributed by atoms with Crippen molar-refractivity contribution in [2.75, 3.05) is 14.1 Å². The summed E-state index contributed by atoms with van der Waals surface area (Å²) < 4.78 is 13.8. The standard InChI is InChI=1S/C15H22FNO/c1-17(2)15(10-6-3-7-11-15)14(18)12-8-4-5-9-13(12)16/h4-5,8-9,14,18H,3,6-7,10-11H2,1-2H3. The van der Waals surface area contributed by atoms with Crippen LogP contribution >= 0.6 is 0 Å². The van der Waals surface area contributed by atoms with Crippen molar-refractivity contribution in [2.45, 2.75) is 43.7 Å². The number of aliphatic hydroxyl groups excluding tert-OH is 1. The lowest BCUT2D eigenvalue weighted by atomic mass is 9.74. The second-order valence-electron chi connectivity index (χ2n) is 5.48. The van der Waals surface area contributed by atoms with Crippen molar-refractivity contribution >= 4 is 0 Å². The van der Waals surface area contributed by atoms with Crippen LogP contribution in [-0.2, 0) is 0 Å². The van der Waals surface area contributed by atoms with E-state index >= 15 is 0 Å². The van der Waals surface area contributed by atoms with Crippen LogP contribution < -0.4 is 0 Å². The van der Waals surface area contributed by atoms with Crippen molar-refractivity contribution in [2.24, 2.45) is 0 Å². The van der Waals surface area contributed by atoms with Gasteiger partial charge in [0.1, 0.15) is 11.9 Å². The molecular formula is C15H22FNO. The second-order valence-corrected chi connectivity index (χ2v) is 5.48. The topological polar surface area (TPSA) is 23.5 Å². The van der Waals surface area contributed by atoms with Crippen LogP contribution in [0, 0.1) is 5.82 Å². The molecule has 1 fully saturated rings. The van der Waals surface area contributed by atoms with Gasteiger partial charge in [-0.1, -0.05) is 37.5 Å². The summed E-state index contributed by atoms with van der Waals surface area (Å²) in [6.07, 6.45) is 4.51. The van der Waals surface area contributed by atoms with Crippen molar-refractivity contribution in [3.63, 3.8) is 0 Å². The van der Waals surface area contributed by atoms with E-state index in [0.717, 1.165) is 25.7 Å². The highest BCUT2D eigenvalue weighted by atomic mass is 19.1. The number of nitrogens with zero attached hydrogens (tertiary/aromatic N) is 1. The van der Waals surface area contributed by atoms with Crippen molar-refractivity contribution in [1.29, 1.82) is 0 Å². The van der Waals surface area contributed by atoms with Gasteiger partial charge in [-0.05, 0) is 33.0 Å². The maximum absolute atomic E-state index is 13.8. The molecule has 0 bridgehead atoms. The molecule has 0 saturated heterocycles. The van der Waals surface area contributed by atoms with E-state index in [4.69, 9.17) is 0 Å². The SMILES string of the molecule is CN(C)C1(C(O)c2ccccc2F)CCCCC1. The molecule has 0 spiro atoms. The van der Waals surface area contributed by atoms with Crippen molar-refractivity contribution in [3.05, 3.63) is 35.6 Å². The van der Waals surface area contributed by atoms with E-state index in [1.165, 1.54) is 12.5 Å². The van der Waals surface area contributed by atoms with Gasteiger partial charge in [-0.3, -0.25) is 0 Å². The lowest BCUT2D eigenvalue weighted by Crippen LogP contribution is -2.50. The summed E-state index contributed by atoms with van der Waals surface area (Å²) in [7, 11) is 3.96. The molecule has 3 heteroatoms. The monoisotopic (exact) mass is 251 g/mol. The van der Waals surface area contributed by atoms with Crippen LogP contribution in [0.3, 0.4) is 0 Å². The van der Waals surface area contributed by atoms with Gasteiger partial charge in [0.2, 0.25) is 0 Å². The highest BCUT2D eigenvalue weighted by Crippen LogP contribution is 2.42. The van der Waals surface area contributed by atoms with E-state index in [-0.39, 0.29) is 11.4 Å². The Balaban J connectivity index is 2.34. The van der Waals surface area contributed by atoms with E-state index in [2.05, 4.69) is 4.90 Å². The van der Waals surface area contributed by atoms with E-state index in [1.54, 1.807) is 18.2 Å². The zero-order valence-electron chi connectivity index (χ0n) is 11.2. The Morgan fingerprint density at radius 3 is 2.33 bits per heavy atom. The summed E-state index contributed by atoms with van der Waals surface area (Å²) in [5.41, 5.74) is 0.105. The maximum Gasteiger partial charge on any atom is 0.129 e. The Hall–Kier alpha value is -0.930. The molecule has 0 radical (unpaired) electrons. The quantitative estimate of drug-likeness (QED) is 0.892. The Morgan fingerprint density at radius 1 is 1.17 bits per heavy atom. The molecule has 18 heavy (non-hydrogen) atoms. The van der Waals surface area contributed by atoms with Gasteiger partial charge in [0.25, 0.3) is 0 Å². The number of aliphatic hydroxyl groups is 1. The van der Waals surface area contributed by atoms with Crippen LogP contribution in [0.25, 0.3) is 0 Å². The predicted octanol–water partition coefficient (Wildman–Crippen LogP) is 3.12. The first kappa shape index (κ1) is 13.5. The van der Waals surface area contributed by atoms with Gasteiger partial charge in [-0.2, -0.15) is 0 Å². The number of benzene rings is 1. The minimum Gasteiger partial charge on any atom is -0.386 e. The van der Waals surface area contributed by atoms with Crippen LogP contribution in [0.2, 0.25) is 0 Å². The van der Waals surface area contributed by atoms with Gasteiger partial charge in [-0.15, -0.1) is 0 Å². The molecule has 1 N–H and O–H groups in total. The summed E-state index contributed by atoms with van der Waals surface area (Å²) in [4.78, 5) is 2.07. The molecule has 1 aliphatic rings. The third-order valence-electron chi connectivity index (χ3n) is 4.32. The van der Waals surface area contributed by atoms with Gasteiger partial charge in [-0.25, -0.2) is 4.39 Å². The number of hydrogen-bond acceptors (Lipinski definition) is 2. The predicted molar refractivity (Wildman–Crippen MR) is 70.9 cm³/mol. The third-order valence-corrected chi connectivity index (χ3v) is 4.32. The summed E-state index contributed by atoms with van der Waals surface area (Å²) in [5, 5.41) is 10.7. The number of likely N-dealkylation sites (N-methyl/N-ethyl adjacent to an activating group) is 1. The minimum absolute atomic E-state index is 0.309. The molecule has 1 aromatic rings. The maximum atomic E-state index is 13.8. The zero-order chi connectivity index (χ0) is 13.2. The fourth-order valence-electron chi connectivity index (χ4n) is 3.12.